The topological polar surface area (TPSA) is 35.6 Å². The number of hydrogen-bond donors (Lipinski definition) is 0. The molecule has 0 bridgehead atoms. The number of hydrogen-bond acceptors (Lipinski definition) is 2. The maximum absolute atomic E-state index is 8.84. The first-order valence-corrected chi connectivity index (χ1v) is 34.2. The third-order valence-electron chi connectivity index (χ3n) is 21.9. The Hall–Kier alpha value is -13.0. The van der Waals surface area contributed by atoms with Crippen molar-refractivity contribution in [2.45, 2.75) is 10.8 Å². The van der Waals surface area contributed by atoms with Crippen molar-refractivity contribution in [3.05, 3.63) is 409 Å². The summed E-state index contributed by atoms with van der Waals surface area (Å²) in [6.07, 6.45) is 5.88. The van der Waals surface area contributed by atoms with Crippen LogP contribution in [0.15, 0.2) is 364 Å². The van der Waals surface area contributed by atoms with Gasteiger partial charge < -0.3 is 9.13 Å². The summed E-state index contributed by atoms with van der Waals surface area (Å²) in [5.41, 5.74) is 32.8. The summed E-state index contributed by atoms with van der Waals surface area (Å²) in [6, 6.07) is 112. The van der Waals surface area contributed by atoms with Gasteiger partial charge in [0, 0.05) is 44.7 Å². The highest BCUT2D eigenvalue weighted by molar-refractivity contribution is 6.12. The minimum Gasteiger partial charge on any atom is -0.309 e. The summed E-state index contributed by atoms with van der Waals surface area (Å²) >= 11 is 0. The van der Waals surface area contributed by atoms with Gasteiger partial charge in [0.15, 0.2) is 0 Å². The smallest absolute Gasteiger partial charge is 0.0725 e. The van der Waals surface area contributed by atoms with Crippen molar-refractivity contribution in [2.24, 2.45) is 0 Å². The third kappa shape index (κ3) is 7.93. The average Bonchev–Trinajstić information content (AvgIpc) is 1.51. The number of fused-ring (bicyclic) bond motifs is 26. The number of benzene rings is 14. The molecule has 0 amide bonds. The first-order chi connectivity index (χ1) is 51.7. The van der Waals surface area contributed by atoms with Crippen molar-refractivity contribution in [1.82, 2.24) is 19.1 Å². The summed E-state index contributed by atoms with van der Waals surface area (Å²) in [4.78, 5) is 9.68. The van der Waals surface area contributed by atoms with E-state index in [-0.39, 0.29) is 35.1 Å². The molecule has 0 atom stereocenters. The Morgan fingerprint density at radius 1 is 0.250 bits per heavy atom. The molecular formula is C96H60N4. The van der Waals surface area contributed by atoms with E-state index in [9.17, 15) is 0 Å². The summed E-state index contributed by atoms with van der Waals surface area (Å²) in [7, 11) is 0. The van der Waals surface area contributed by atoms with Crippen LogP contribution in [0.3, 0.4) is 0 Å². The molecule has 2 spiro atoms. The minimum atomic E-state index is -0.690. The lowest BCUT2D eigenvalue weighted by molar-refractivity contribution is 0.794. The van der Waals surface area contributed by atoms with E-state index in [4.69, 9.17) is 11.8 Å². The van der Waals surface area contributed by atoms with Crippen molar-refractivity contribution < 1.29 is 6.85 Å². The fraction of sp³-hybridized carbons (Fsp3) is 0.0208. The first kappa shape index (κ1) is 51.3. The zero-order chi connectivity index (χ0) is 70.0. The van der Waals surface area contributed by atoms with Gasteiger partial charge in [-0.3, -0.25) is 9.97 Å². The molecule has 14 aromatic carbocycles. The predicted molar refractivity (Wildman–Crippen MR) is 411 cm³/mol. The van der Waals surface area contributed by atoms with Gasteiger partial charge in [-0.2, -0.15) is 0 Å². The molecule has 0 aliphatic heterocycles. The first-order valence-electron chi connectivity index (χ1n) is 36.7. The van der Waals surface area contributed by atoms with Gasteiger partial charge in [-0.25, -0.2) is 0 Å². The largest absolute Gasteiger partial charge is 0.309 e. The van der Waals surface area contributed by atoms with Crippen LogP contribution in [-0.2, 0) is 10.8 Å². The lowest BCUT2D eigenvalue weighted by Crippen LogP contribution is -2.26. The molecule has 464 valence electrons. The maximum Gasteiger partial charge on any atom is 0.0725 e. The Morgan fingerprint density at radius 2 is 0.690 bits per heavy atom. The van der Waals surface area contributed by atoms with E-state index in [1.165, 1.54) is 99.7 Å². The van der Waals surface area contributed by atoms with Crippen LogP contribution in [0, 0.1) is 0 Å². The normalized spacial score (nSPS) is 14.1. The maximum atomic E-state index is 8.84. The third-order valence-corrected chi connectivity index (χ3v) is 21.9. The van der Waals surface area contributed by atoms with Crippen molar-refractivity contribution >= 4 is 43.6 Å². The van der Waals surface area contributed by atoms with Crippen LogP contribution in [0.1, 0.15) is 51.4 Å². The van der Waals surface area contributed by atoms with Crippen LogP contribution in [0.2, 0.25) is 0 Å². The number of para-hydroxylation sites is 2. The Bertz CT molecular complexity index is 6630. The van der Waals surface area contributed by atoms with E-state index in [1.807, 2.05) is 30.7 Å². The quantitative estimate of drug-likeness (QED) is 0.166. The van der Waals surface area contributed by atoms with E-state index < -0.39 is 11.5 Å². The Morgan fingerprint density at radius 3 is 1.34 bits per heavy atom. The molecule has 0 saturated heterocycles. The Balaban J connectivity index is 0.000000136. The van der Waals surface area contributed by atoms with Crippen LogP contribution in [0.25, 0.3) is 144 Å². The fourth-order valence-corrected chi connectivity index (χ4v) is 17.8. The van der Waals surface area contributed by atoms with E-state index in [0.717, 1.165) is 77.8 Å². The fourth-order valence-electron chi connectivity index (χ4n) is 17.8. The summed E-state index contributed by atoms with van der Waals surface area (Å²) in [5.74, 6) is 0. The number of pyridine rings is 2. The van der Waals surface area contributed by atoms with Gasteiger partial charge in [0.1, 0.15) is 0 Å². The second-order valence-electron chi connectivity index (χ2n) is 26.7. The highest BCUT2D eigenvalue weighted by Gasteiger charge is 2.53. The minimum absolute atomic E-state index is 0.200. The van der Waals surface area contributed by atoms with Crippen molar-refractivity contribution in [1.29, 1.82) is 0 Å². The monoisotopic (exact) mass is 1270 g/mol. The van der Waals surface area contributed by atoms with Gasteiger partial charge in [-0.1, -0.05) is 273 Å². The molecule has 0 N–H and O–H groups in total. The standard InChI is InChI=1S/C49H31N.C47H29N3/c1-3-13-32(14-4-1)34-23-26-39-40-27-24-35(31-46(40)49(45(39)30-34)43-20-10-7-17-37(43)38-18-8-11-21-44(38)49)33-25-28-48-42(29-33)41-19-9-12-22-47(41)50(48)36-15-5-2-6-16-36;1-2-11-30(12-3-1)31-13-10-14-33(25-31)50-45-28-48-24-23-37(45)39-27-44(49-29-46(39)50)32-21-22-43-38(26-32)36-17-6-9-20-42(36)47(43)40-18-7-4-15-34(40)35-16-5-8-19-41(35)47/h1-31H;1-29H/i1D,3D,4D,13D,14D;. The van der Waals surface area contributed by atoms with Crippen LogP contribution in [0.4, 0.5) is 0 Å². The zero-order valence-corrected chi connectivity index (χ0v) is 54.0. The number of nitrogens with zero attached hydrogens (tertiary/aromatic N) is 4. The lowest BCUT2D eigenvalue weighted by Gasteiger charge is -2.31. The van der Waals surface area contributed by atoms with Gasteiger partial charge in [-0.05, 0) is 195 Å². The molecule has 0 radical (unpaired) electrons. The molecule has 4 heterocycles. The SMILES string of the molecule is [2H]c1c([2H])c([2H])c(-c2ccc3c(c2)C2(c4ccccc4-c4ccccc42)c2cc(-c4ccc5c(c4)c4ccccc4n5-c4ccccc4)ccc2-3)c([2H])c1[2H].c1ccc(-c2cccc(-n3c4cnccc4c4cc(-c5ccc6c(c5)-c5ccccc5C65c6ccccc6-c6ccccc65)ncc43)c2)cc1. The second kappa shape index (κ2) is 21.7. The summed E-state index contributed by atoms with van der Waals surface area (Å²) in [6.45, 7) is 0. The molecule has 0 fully saturated rings. The highest BCUT2D eigenvalue weighted by Crippen LogP contribution is 2.65. The molecule has 18 aromatic rings. The van der Waals surface area contributed by atoms with E-state index in [0.29, 0.717) is 5.56 Å². The van der Waals surface area contributed by atoms with Gasteiger partial charge in [0.05, 0.1) is 57.8 Å². The number of rotatable bonds is 6. The second-order valence-corrected chi connectivity index (χ2v) is 26.7. The molecule has 0 saturated carbocycles. The molecule has 4 aliphatic rings. The Labute approximate surface area is 586 Å². The molecule has 0 unspecified atom stereocenters. The molecular weight excluding hydrogens is 1210 g/mol. The van der Waals surface area contributed by atoms with Gasteiger partial charge in [-0.15, -0.1) is 0 Å². The lowest BCUT2D eigenvalue weighted by atomic mass is 9.70. The van der Waals surface area contributed by atoms with E-state index in [1.54, 1.807) is 0 Å². The van der Waals surface area contributed by atoms with Gasteiger partial charge in [0.2, 0.25) is 0 Å². The predicted octanol–water partition coefficient (Wildman–Crippen LogP) is 23.7. The average molecular weight is 1270 g/mol. The molecule has 4 nitrogen and oxygen atoms in total. The molecule has 100 heavy (non-hydrogen) atoms. The van der Waals surface area contributed by atoms with Crippen molar-refractivity contribution in [3.63, 3.8) is 0 Å². The highest BCUT2D eigenvalue weighted by atomic mass is 15.0. The van der Waals surface area contributed by atoms with E-state index in [2.05, 4.69) is 317 Å². The van der Waals surface area contributed by atoms with Crippen molar-refractivity contribution in [2.75, 3.05) is 0 Å². The van der Waals surface area contributed by atoms with Gasteiger partial charge >= 0.3 is 0 Å². The molecule has 4 heteroatoms. The van der Waals surface area contributed by atoms with Crippen LogP contribution in [0.5, 0.6) is 0 Å². The van der Waals surface area contributed by atoms with Crippen LogP contribution < -0.4 is 0 Å². The van der Waals surface area contributed by atoms with Crippen LogP contribution in [-0.4, -0.2) is 19.1 Å². The molecule has 22 rings (SSSR count). The van der Waals surface area contributed by atoms with E-state index >= 15 is 0 Å². The zero-order valence-electron chi connectivity index (χ0n) is 59.0. The Kier molecular flexibility index (Phi) is 11.2. The summed E-state index contributed by atoms with van der Waals surface area (Å²) < 4.78 is 47.4. The molecule has 4 aromatic heterocycles. The van der Waals surface area contributed by atoms with Gasteiger partial charge in [0.25, 0.3) is 0 Å². The number of aromatic nitrogens is 4. The van der Waals surface area contributed by atoms with Crippen LogP contribution >= 0.6 is 0 Å². The van der Waals surface area contributed by atoms with Crippen molar-refractivity contribution in [3.8, 4) is 101 Å². The summed E-state index contributed by atoms with van der Waals surface area (Å²) in [5, 5.41) is 4.71. The molecule has 4 aliphatic carbocycles.